The van der Waals surface area contributed by atoms with Gasteiger partial charge in [-0.2, -0.15) is 0 Å². The lowest BCUT2D eigenvalue weighted by Gasteiger charge is -2.05. The van der Waals surface area contributed by atoms with Crippen molar-refractivity contribution >= 4 is 28.1 Å². The summed E-state index contributed by atoms with van der Waals surface area (Å²) in [6, 6.07) is 5.46. The Kier molecular flexibility index (Phi) is 4.25. The summed E-state index contributed by atoms with van der Waals surface area (Å²) in [5.74, 6) is -0.653. The van der Waals surface area contributed by atoms with Gasteiger partial charge in [0, 0.05) is 23.3 Å². The van der Waals surface area contributed by atoms with E-state index < -0.39 is 5.97 Å². The van der Waals surface area contributed by atoms with E-state index in [0.29, 0.717) is 11.3 Å². The average Bonchev–Trinajstić information content (AvgIpc) is 3.08. The molecule has 0 atom stereocenters. The minimum Gasteiger partial charge on any atom is -0.457 e. The number of hydrogen-bond acceptors (Lipinski definition) is 5. The zero-order valence-electron chi connectivity index (χ0n) is 12.9. The third-order valence-corrected chi connectivity index (χ3v) is 4.43. The third-order valence-electron chi connectivity index (χ3n) is 3.66. The molecule has 0 spiro atoms. The number of nitrogens with zero attached hydrogens (tertiary/aromatic N) is 2. The number of hydrogen-bond donors (Lipinski definition) is 0. The molecule has 0 unspecified atom stereocenters. The van der Waals surface area contributed by atoms with Crippen LogP contribution in [0.2, 0.25) is 0 Å². The number of esters is 1. The van der Waals surface area contributed by atoms with Gasteiger partial charge in [0.1, 0.15) is 0 Å². The summed E-state index contributed by atoms with van der Waals surface area (Å²) in [4.78, 5) is 29.1. The second-order valence-electron chi connectivity index (χ2n) is 5.38. The number of ketones is 1. The zero-order valence-corrected chi connectivity index (χ0v) is 13.7. The Bertz CT molecular complexity index is 850. The number of thiazole rings is 1. The summed E-state index contributed by atoms with van der Waals surface area (Å²) in [5.41, 5.74) is 3.36. The van der Waals surface area contributed by atoms with Crippen LogP contribution in [-0.2, 0) is 16.0 Å². The van der Waals surface area contributed by atoms with Crippen molar-refractivity contribution in [1.82, 2.24) is 9.38 Å². The van der Waals surface area contributed by atoms with Crippen LogP contribution in [0.1, 0.15) is 27.2 Å². The van der Waals surface area contributed by atoms with Gasteiger partial charge >= 0.3 is 5.97 Å². The van der Waals surface area contributed by atoms with Crippen molar-refractivity contribution in [2.45, 2.75) is 20.3 Å². The first kappa shape index (κ1) is 15.4. The Morgan fingerprint density at radius 3 is 2.83 bits per heavy atom. The molecule has 0 aliphatic heterocycles. The summed E-state index contributed by atoms with van der Waals surface area (Å²) >= 11 is 1.50. The van der Waals surface area contributed by atoms with Crippen LogP contribution in [0, 0.1) is 13.8 Å². The molecule has 0 fully saturated rings. The van der Waals surface area contributed by atoms with Gasteiger partial charge in [-0.1, -0.05) is 12.1 Å². The SMILES string of the molecule is Cc1ccc(C(=O)COC(=O)Cc2cn3ccsc3n2)cc1C. The highest BCUT2D eigenvalue weighted by Gasteiger charge is 2.13. The van der Waals surface area contributed by atoms with Crippen LogP contribution in [0.4, 0.5) is 0 Å². The molecule has 1 aromatic carbocycles. The van der Waals surface area contributed by atoms with Crippen molar-refractivity contribution in [3.05, 3.63) is 58.4 Å². The molecule has 6 heteroatoms. The van der Waals surface area contributed by atoms with Crippen LogP contribution in [0.3, 0.4) is 0 Å². The van der Waals surface area contributed by atoms with Crippen LogP contribution in [-0.4, -0.2) is 27.7 Å². The lowest BCUT2D eigenvalue weighted by atomic mass is 10.0. The summed E-state index contributed by atoms with van der Waals surface area (Å²) in [6.07, 6.45) is 3.73. The molecule has 2 heterocycles. The van der Waals surface area contributed by atoms with Crippen molar-refractivity contribution in [2.75, 3.05) is 6.61 Å². The number of fused-ring (bicyclic) bond motifs is 1. The van der Waals surface area contributed by atoms with Gasteiger partial charge < -0.3 is 4.74 Å². The highest BCUT2D eigenvalue weighted by atomic mass is 32.1. The number of carbonyl (C=O) groups is 2. The number of Topliss-reactive ketones (excluding diaryl/α,β-unsaturated/α-hetero) is 1. The summed E-state index contributed by atoms with van der Waals surface area (Å²) in [5, 5.41) is 1.92. The standard InChI is InChI=1S/C17H16N2O3S/c1-11-3-4-13(7-12(11)2)15(20)10-22-16(21)8-14-9-19-5-6-23-17(19)18-14/h3-7,9H,8,10H2,1-2H3. The van der Waals surface area contributed by atoms with E-state index in [9.17, 15) is 9.59 Å². The molecular weight excluding hydrogens is 312 g/mol. The van der Waals surface area contributed by atoms with Gasteiger partial charge in [0.25, 0.3) is 0 Å². The van der Waals surface area contributed by atoms with E-state index in [1.807, 2.05) is 42.0 Å². The maximum atomic E-state index is 12.1. The topological polar surface area (TPSA) is 60.7 Å². The first-order chi connectivity index (χ1) is 11.0. The van der Waals surface area contributed by atoms with E-state index in [0.717, 1.165) is 16.1 Å². The first-order valence-electron chi connectivity index (χ1n) is 7.20. The normalized spacial score (nSPS) is 10.9. The van der Waals surface area contributed by atoms with E-state index in [1.165, 1.54) is 11.3 Å². The lowest BCUT2D eigenvalue weighted by molar-refractivity contribution is -0.141. The minimum absolute atomic E-state index is 0.0641. The highest BCUT2D eigenvalue weighted by molar-refractivity contribution is 7.15. The maximum Gasteiger partial charge on any atom is 0.312 e. The minimum atomic E-state index is -0.451. The van der Waals surface area contributed by atoms with E-state index in [2.05, 4.69) is 4.98 Å². The molecule has 0 saturated heterocycles. The number of carbonyl (C=O) groups excluding carboxylic acids is 2. The number of ether oxygens (including phenoxy) is 1. The average molecular weight is 328 g/mol. The van der Waals surface area contributed by atoms with Gasteiger partial charge in [0.2, 0.25) is 0 Å². The molecule has 3 aromatic rings. The lowest BCUT2D eigenvalue weighted by Crippen LogP contribution is -2.16. The number of rotatable bonds is 5. The van der Waals surface area contributed by atoms with E-state index >= 15 is 0 Å². The largest absolute Gasteiger partial charge is 0.457 e. The van der Waals surface area contributed by atoms with Crippen molar-refractivity contribution in [2.24, 2.45) is 0 Å². The molecule has 3 rings (SSSR count). The van der Waals surface area contributed by atoms with Crippen molar-refractivity contribution in [1.29, 1.82) is 0 Å². The Hall–Kier alpha value is -2.47. The van der Waals surface area contributed by atoms with Crippen LogP contribution >= 0.6 is 11.3 Å². The highest BCUT2D eigenvalue weighted by Crippen LogP contribution is 2.13. The smallest absolute Gasteiger partial charge is 0.312 e. The molecule has 0 saturated carbocycles. The van der Waals surface area contributed by atoms with E-state index in [1.54, 1.807) is 12.3 Å². The Morgan fingerprint density at radius 2 is 2.09 bits per heavy atom. The summed E-state index contributed by atoms with van der Waals surface area (Å²) in [7, 11) is 0. The third kappa shape index (κ3) is 3.48. The molecule has 118 valence electrons. The number of benzene rings is 1. The Morgan fingerprint density at radius 1 is 1.26 bits per heavy atom. The second-order valence-corrected chi connectivity index (χ2v) is 6.26. The molecule has 0 N–H and O–H groups in total. The zero-order chi connectivity index (χ0) is 16.4. The molecule has 0 amide bonds. The number of aryl methyl sites for hydroxylation is 2. The molecule has 0 aliphatic rings. The fraction of sp³-hybridized carbons (Fsp3) is 0.235. The van der Waals surface area contributed by atoms with Gasteiger partial charge in [-0.05, 0) is 31.0 Å². The van der Waals surface area contributed by atoms with Crippen LogP contribution in [0.5, 0.6) is 0 Å². The van der Waals surface area contributed by atoms with Crippen molar-refractivity contribution in [3.8, 4) is 0 Å². The van der Waals surface area contributed by atoms with E-state index in [-0.39, 0.29) is 18.8 Å². The molecule has 0 aliphatic carbocycles. The van der Waals surface area contributed by atoms with Gasteiger partial charge in [-0.3, -0.25) is 14.0 Å². The first-order valence-corrected chi connectivity index (χ1v) is 8.08. The van der Waals surface area contributed by atoms with Gasteiger partial charge in [0.15, 0.2) is 17.4 Å². The van der Waals surface area contributed by atoms with E-state index in [4.69, 9.17) is 4.74 Å². The second kappa shape index (κ2) is 6.34. The molecule has 2 aromatic heterocycles. The molecule has 0 bridgehead atoms. The van der Waals surface area contributed by atoms with Crippen molar-refractivity contribution < 1.29 is 14.3 Å². The summed E-state index contributed by atoms with van der Waals surface area (Å²) < 4.78 is 6.93. The summed E-state index contributed by atoms with van der Waals surface area (Å²) in [6.45, 7) is 3.69. The van der Waals surface area contributed by atoms with Crippen LogP contribution < -0.4 is 0 Å². The Balaban J connectivity index is 1.56. The predicted octanol–water partition coefficient (Wildman–Crippen LogP) is 2.98. The van der Waals surface area contributed by atoms with Gasteiger partial charge in [-0.15, -0.1) is 11.3 Å². The van der Waals surface area contributed by atoms with Gasteiger partial charge in [0.05, 0.1) is 12.1 Å². The monoisotopic (exact) mass is 328 g/mol. The fourth-order valence-electron chi connectivity index (χ4n) is 2.20. The van der Waals surface area contributed by atoms with Crippen molar-refractivity contribution in [3.63, 3.8) is 0 Å². The fourth-order valence-corrected chi connectivity index (χ4v) is 2.92. The molecule has 0 radical (unpaired) electrons. The predicted molar refractivity (Wildman–Crippen MR) is 88.0 cm³/mol. The van der Waals surface area contributed by atoms with Crippen LogP contribution in [0.15, 0.2) is 36.0 Å². The molecular formula is C17H16N2O3S. The van der Waals surface area contributed by atoms with Gasteiger partial charge in [-0.25, -0.2) is 4.98 Å². The molecule has 23 heavy (non-hydrogen) atoms. The maximum absolute atomic E-state index is 12.1. The number of imidazole rings is 1. The number of aromatic nitrogens is 2. The Labute approximate surface area is 137 Å². The van der Waals surface area contributed by atoms with Crippen LogP contribution in [0.25, 0.3) is 4.96 Å². The quantitative estimate of drug-likeness (QED) is 0.534. The molecule has 5 nitrogen and oxygen atoms in total.